The van der Waals surface area contributed by atoms with Crippen molar-refractivity contribution in [1.29, 1.82) is 0 Å². The Morgan fingerprint density at radius 3 is 2.41 bits per heavy atom. The molecular weight excluding hydrogens is 455 g/mol. The van der Waals surface area contributed by atoms with Gasteiger partial charge in [0.15, 0.2) is 5.96 Å². The molecule has 0 saturated heterocycles. The van der Waals surface area contributed by atoms with Gasteiger partial charge in [0, 0.05) is 44.8 Å². The molecule has 0 radical (unpaired) electrons. The van der Waals surface area contributed by atoms with E-state index in [1.165, 1.54) is 0 Å². The van der Waals surface area contributed by atoms with Crippen molar-refractivity contribution >= 4 is 41.7 Å². The van der Waals surface area contributed by atoms with Gasteiger partial charge in [0.1, 0.15) is 5.82 Å². The molecule has 1 aromatic heterocycles. The fourth-order valence-electron chi connectivity index (χ4n) is 2.61. The molecule has 3 N–H and O–H groups in total. The number of pyridine rings is 1. The number of rotatable bonds is 10. The number of carbonyl (C=O) groups excluding carboxylic acids is 1. The van der Waals surface area contributed by atoms with Gasteiger partial charge in [-0.05, 0) is 45.2 Å². The Kier molecular flexibility index (Phi) is 11.1. The smallest absolute Gasteiger partial charge is 0.223 e. The molecule has 27 heavy (non-hydrogen) atoms. The van der Waals surface area contributed by atoms with E-state index in [9.17, 15) is 4.79 Å². The maximum atomic E-state index is 11.6. The molecule has 0 spiro atoms. The van der Waals surface area contributed by atoms with Crippen molar-refractivity contribution in [2.45, 2.75) is 40.2 Å². The summed E-state index contributed by atoms with van der Waals surface area (Å²) in [6, 6.07) is 4.12. The number of aliphatic imine (C=N–C) groups is 1. The summed E-state index contributed by atoms with van der Waals surface area (Å²) in [5.41, 5.74) is 1.07. The molecule has 8 heteroatoms. The van der Waals surface area contributed by atoms with Crippen molar-refractivity contribution in [3.63, 3.8) is 0 Å². The van der Waals surface area contributed by atoms with Crippen LogP contribution in [0.1, 0.15) is 39.2 Å². The number of amides is 1. The van der Waals surface area contributed by atoms with Gasteiger partial charge < -0.3 is 20.9 Å². The molecule has 1 saturated carbocycles. The number of nitrogens with one attached hydrogen (secondary N) is 3. The molecule has 1 aliphatic rings. The van der Waals surface area contributed by atoms with Gasteiger partial charge in [-0.2, -0.15) is 0 Å². The third-order valence-corrected chi connectivity index (χ3v) is 4.33. The van der Waals surface area contributed by atoms with E-state index in [1.54, 1.807) is 0 Å². The lowest BCUT2D eigenvalue weighted by Crippen LogP contribution is -2.41. The topological polar surface area (TPSA) is 81.7 Å². The average Bonchev–Trinajstić information content (AvgIpc) is 3.50. The Balaban J connectivity index is 0.00000364. The zero-order valence-corrected chi connectivity index (χ0v) is 19.0. The molecule has 1 aliphatic carbocycles. The largest absolute Gasteiger partial charge is 0.357 e. The summed E-state index contributed by atoms with van der Waals surface area (Å²) in [4.78, 5) is 22.9. The van der Waals surface area contributed by atoms with Crippen LogP contribution in [0.15, 0.2) is 23.3 Å². The van der Waals surface area contributed by atoms with Crippen LogP contribution in [0.5, 0.6) is 0 Å². The Morgan fingerprint density at radius 2 is 1.85 bits per heavy atom. The Labute approximate surface area is 179 Å². The van der Waals surface area contributed by atoms with Crippen molar-refractivity contribution in [2.24, 2.45) is 10.9 Å². The number of anilines is 1. The Hall–Kier alpha value is -1.58. The molecule has 0 aromatic carbocycles. The monoisotopic (exact) mass is 488 g/mol. The average molecular weight is 488 g/mol. The van der Waals surface area contributed by atoms with Crippen molar-refractivity contribution in [1.82, 2.24) is 20.9 Å². The van der Waals surface area contributed by atoms with Crippen molar-refractivity contribution in [3.8, 4) is 0 Å². The van der Waals surface area contributed by atoms with Crippen molar-refractivity contribution in [3.05, 3.63) is 23.9 Å². The summed E-state index contributed by atoms with van der Waals surface area (Å²) in [7, 11) is 0. The summed E-state index contributed by atoms with van der Waals surface area (Å²) in [6.07, 6.45) is 3.95. The van der Waals surface area contributed by atoms with Gasteiger partial charge in [0.25, 0.3) is 0 Å². The van der Waals surface area contributed by atoms with Gasteiger partial charge in [-0.25, -0.2) is 9.98 Å². The quantitative estimate of drug-likeness (QED) is 0.204. The van der Waals surface area contributed by atoms with E-state index in [-0.39, 0.29) is 35.8 Å². The predicted octanol–water partition coefficient (Wildman–Crippen LogP) is 2.13. The normalized spacial score (nSPS) is 13.5. The first-order valence-electron chi connectivity index (χ1n) is 9.67. The molecule has 2 rings (SSSR count). The van der Waals surface area contributed by atoms with Crippen LogP contribution in [-0.4, -0.2) is 49.6 Å². The van der Waals surface area contributed by atoms with Crippen LogP contribution in [0.4, 0.5) is 5.82 Å². The molecule has 1 aromatic rings. The van der Waals surface area contributed by atoms with Gasteiger partial charge >= 0.3 is 0 Å². The van der Waals surface area contributed by atoms with Gasteiger partial charge in [0.05, 0.1) is 6.54 Å². The second kappa shape index (κ2) is 12.7. The maximum absolute atomic E-state index is 11.6. The van der Waals surface area contributed by atoms with Crippen molar-refractivity contribution < 1.29 is 4.79 Å². The Bertz CT molecular complexity index is 584. The van der Waals surface area contributed by atoms with Crippen LogP contribution in [0, 0.1) is 5.92 Å². The maximum Gasteiger partial charge on any atom is 0.223 e. The zero-order valence-electron chi connectivity index (χ0n) is 16.6. The van der Waals surface area contributed by atoms with E-state index >= 15 is 0 Å². The van der Waals surface area contributed by atoms with Gasteiger partial charge in [-0.3, -0.25) is 4.79 Å². The number of hydrogen-bond acceptors (Lipinski definition) is 4. The van der Waals surface area contributed by atoms with Crippen LogP contribution < -0.4 is 20.9 Å². The summed E-state index contributed by atoms with van der Waals surface area (Å²) < 4.78 is 0. The first-order valence-corrected chi connectivity index (χ1v) is 9.67. The molecule has 0 aliphatic heterocycles. The Morgan fingerprint density at radius 1 is 1.15 bits per heavy atom. The van der Waals surface area contributed by atoms with E-state index in [0.29, 0.717) is 19.6 Å². The molecule has 1 amide bonds. The summed E-state index contributed by atoms with van der Waals surface area (Å²) in [5.74, 6) is 2.18. The second-order valence-electron chi connectivity index (χ2n) is 6.38. The van der Waals surface area contributed by atoms with E-state index in [1.807, 2.05) is 19.2 Å². The highest BCUT2D eigenvalue weighted by Gasteiger charge is 2.28. The highest BCUT2D eigenvalue weighted by atomic mass is 127. The number of hydrogen-bond donors (Lipinski definition) is 3. The van der Waals surface area contributed by atoms with Crippen molar-refractivity contribution in [2.75, 3.05) is 37.6 Å². The molecular formula is C19H33IN6O. The van der Waals surface area contributed by atoms with Crippen LogP contribution in [0.25, 0.3) is 0 Å². The highest BCUT2D eigenvalue weighted by Crippen LogP contribution is 2.28. The molecule has 0 atom stereocenters. The van der Waals surface area contributed by atoms with Crippen LogP contribution in [-0.2, 0) is 11.3 Å². The predicted molar refractivity (Wildman–Crippen MR) is 122 cm³/mol. The molecule has 0 unspecified atom stereocenters. The molecule has 1 fully saturated rings. The lowest BCUT2D eigenvalue weighted by atomic mass is 10.3. The van der Waals surface area contributed by atoms with E-state index in [4.69, 9.17) is 0 Å². The SMILES string of the molecule is CCNC(=NCc1ccc(N(CC)CC)nc1)NCCNC(=O)C1CC1.I. The highest BCUT2D eigenvalue weighted by molar-refractivity contribution is 14.0. The fourth-order valence-corrected chi connectivity index (χ4v) is 2.61. The number of nitrogens with zero attached hydrogens (tertiary/aromatic N) is 3. The van der Waals surface area contributed by atoms with Crippen LogP contribution >= 0.6 is 24.0 Å². The van der Waals surface area contributed by atoms with Gasteiger partial charge in [-0.1, -0.05) is 6.07 Å². The van der Waals surface area contributed by atoms with Gasteiger partial charge in [0.2, 0.25) is 5.91 Å². The van der Waals surface area contributed by atoms with Crippen LogP contribution in [0.3, 0.4) is 0 Å². The molecule has 7 nitrogen and oxygen atoms in total. The first kappa shape index (κ1) is 23.5. The van der Waals surface area contributed by atoms with Crippen LogP contribution in [0.2, 0.25) is 0 Å². The minimum atomic E-state index is 0. The standard InChI is InChI=1S/C19H32N6O.HI/c1-4-20-19(22-12-11-21-18(26)16-8-9-16)24-14-15-7-10-17(23-13-15)25(5-2)6-3;/h7,10,13,16H,4-6,8-9,11-12,14H2,1-3H3,(H,21,26)(H2,20,22,24);1H. The number of carbonyl (C=O) groups is 1. The number of aromatic nitrogens is 1. The van der Waals surface area contributed by atoms with E-state index in [0.717, 1.165) is 49.8 Å². The molecule has 152 valence electrons. The van der Waals surface area contributed by atoms with Gasteiger partial charge in [-0.15, -0.1) is 24.0 Å². The molecule has 1 heterocycles. The number of halogens is 1. The minimum absolute atomic E-state index is 0. The lowest BCUT2D eigenvalue weighted by molar-refractivity contribution is -0.122. The summed E-state index contributed by atoms with van der Waals surface area (Å²) in [6.45, 7) is 10.8. The summed E-state index contributed by atoms with van der Waals surface area (Å²) in [5, 5.41) is 9.42. The van der Waals surface area contributed by atoms with E-state index in [2.05, 4.69) is 50.7 Å². The lowest BCUT2D eigenvalue weighted by Gasteiger charge is -2.19. The molecule has 0 bridgehead atoms. The second-order valence-corrected chi connectivity index (χ2v) is 6.38. The number of guanidine groups is 1. The summed E-state index contributed by atoms with van der Waals surface area (Å²) >= 11 is 0. The third-order valence-electron chi connectivity index (χ3n) is 4.33. The zero-order chi connectivity index (χ0) is 18.8. The fraction of sp³-hybridized carbons (Fsp3) is 0.632. The third kappa shape index (κ3) is 8.32. The van der Waals surface area contributed by atoms with E-state index < -0.39 is 0 Å². The minimum Gasteiger partial charge on any atom is -0.357 e. The first-order chi connectivity index (χ1) is 12.7.